The van der Waals surface area contributed by atoms with E-state index in [0.29, 0.717) is 13.1 Å². The Hall–Kier alpha value is -2.57. The lowest BCUT2D eigenvalue weighted by atomic mass is 10.1. The molecule has 1 aromatic rings. The van der Waals surface area contributed by atoms with Crippen molar-refractivity contribution in [1.29, 1.82) is 0 Å². The highest BCUT2D eigenvalue weighted by atomic mass is 16.4. The molecule has 0 saturated carbocycles. The van der Waals surface area contributed by atoms with Gasteiger partial charge < -0.3 is 20.4 Å². The molecule has 3 N–H and O–H groups in total. The third-order valence-electron chi connectivity index (χ3n) is 3.49. The Morgan fingerprint density at radius 1 is 1.43 bits per heavy atom. The van der Waals surface area contributed by atoms with Gasteiger partial charge in [-0.25, -0.2) is 4.79 Å². The number of nitrogens with one attached hydrogen (secondary N) is 1. The van der Waals surface area contributed by atoms with Crippen molar-refractivity contribution in [3.8, 4) is 5.75 Å². The van der Waals surface area contributed by atoms with E-state index in [-0.39, 0.29) is 23.6 Å². The minimum Gasteiger partial charge on any atom is -0.505 e. The molecule has 21 heavy (non-hydrogen) atoms. The molecule has 1 aliphatic heterocycles. The van der Waals surface area contributed by atoms with E-state index in [0.717, 1.165) is 0 Å². The van der Waals surface area contributed by atoms with E-state index in [1.165, 1.54) is 18.2 Å². The summed E-state index contributed by atoms with van der Waals surface area (Å²) in [6, 6.07) is 4.08. The first-order chi connectivity index (χ1) is 9.93. The monoisotopic (exact) mass is 292 g/mol. The van der Waals surface area contributed by atoms with Gasteiger partial charge in [0.2, 0.25) is 11.8 Å². The summed E-state index contributed by atoms with van der Waals surface area (Å²) in [5, 5.41) is 21.2. The van der Waals surface area contributed by atoms with E-state index in [1.54, 1.807) is 4.90 Å². The highest BCUT2D eigenvalue weighted by Crippen LogP contribution is 2.28. The van der Waals surface area contributed by atoms with Gasteiger partial charge in [0.05, 0.1) is 11.6 Å². The summed E-state index contributed by atoms with van der Waals surface area (Å²) in [6.07, 6.45) is 0.124. The van der Waals surface area contributed by atoms with Crippen molar-refractivity contribution in [3.63, 3.8) is 0 Å². The Morgan fingerprint density at radius 3 is 2.71 bits per heavy atom. The minimum atomic E-state index is -1.28. The minimum absolute atomic E-state index is 0.0299. The van der Waals surface area contributed by atoms with E-state index in [4.69, 9.17) is 5.11 Å². The summed E-state index contributed by atoms with van der Waals surface area (Å²) in [5.41, 5.74) is -0.257. The Balaban J connectivity index is 2.12. The van der Waals surface area contributed by atoms with Crippen molar-refractivity contribution in [2.75, 3.05) is 18.4 Å². The van der Waals surface area contributed by atoms with Crippen LogP contribution in [-0.4, -0.2) is 46.0 Å². The first-order valence-electron chi connectivity index (χ1n) is 6.58. The number of para-hydroxylation sites is 1. The normalized spacial score (nSPS) is 17.9. The van der Waals surface area contributed by atoms with Gasteiger partial charge in [0, 0.05) is 19.5 Å². The second-order valence-electron chi connectivity index (χ2n) is 4.83. The molecule has 7 nitrogen and oxygen atoms in total. The number of aromatic carboxylic acids is 1. The summed E-state index contributed by atoms with van der Waals surface area (Å²) < 4.78 is 0. The fraction of sp³-hybridized carbons (Fsp3) is 0.357. The maximum Gasteiger partial charge on any atom is 0.339 e. The number of aromatic hydroxyl groups is 1. The topological polar surface area (TPSA) is 107 Å². The van der Waals surface area contributed by atoms with Crippen LogP contribution in [0.3, 0.4) is 0 Å². The molecule has 0 radical (unpaired) electrons. The number of carbonyl (C=O) groups excluding carboxylic acids is 2. The largest absolute Gasteiger partial charge is 0.505 e. The van der Waals surface area contributed by atoms with Gasteiger partial charge in [-0.15, -0.1) is 0 Å². The van der Waals surface area contributed by atoms with Crippen LogP contribution in [0.2, 0.25) is 0 Å². The maximum atomic E-state index is 12.1. The number of hydrogen-bond donors (Lipinski definition) is 3. The van der Waals surface area contributed by atoms with Gasteiger partial charge in [-0.1, -0.05) is 6.07 Å². The predicted molar refractivity (Wildman–Crippen MR) is 74.1 cm³/mol. The molecule has 1 heterocycles. The molecule has 112 valence electrons. The highest BCUT2D eigenvalue weighted by Gasteiger charge is 2.33. The molecule has 2 amide bonds. The molecule has 1 aromatic carbocycles. The Bertz CT molecular complexity index is 599. The molecule has 0 bridgehead atoms. The number of benzene rings is 1. The molecule has 1 fully saturated rings. The standard InChI is InChI=1S/C14H16N2O5/c1-2-16-7-8(6-11(16)17)13(19)15-10-5-3-4-9(12(10)18)14(20)21/h3-5,8,18H,2,6-7H2,1H3,(H,15,19)(H,20,21). The zero-order chi connectivity index (χ0) is 15.6. The van der Waals surface area contributed by atoms with Crippen LogP contribution in [0, 0.1) is 5.92 Å². The molecular formula is C14H16N2O5. The van der Waals surface area contributed by atoms with E-state index in [2.05, 4.69) is 5.32 Å². The number of carboxylic acids is 1. The lowest BCUT2D eigenvalue weighted by Crippen LogP contribution is -2.28. The van der Waals surface area contributed by atoms with Gasteiger partial charge in [0.15, 0.2) is 5.75 Å². The average Bonchev–Trinajstić information content (AvgIpc) is 2.82. The van der Waals surface area contributed by atoms with Gasteiger partial charge in [0.1, 0.15) is 5.56 Å². The van der Waals surface area contributed by atoms with E-state index < -0.39 is 23.5 Å². The fourth-order valence-corrected chi connectivity index (χ4v) is 2.31. The molecule has 1 unspecified atom stereocenters. The molecule has 1 saturated heterocycles. The lowest BCUT2D eigenvalue weighted by Gasteiger charge is -2.14. The first kappa shape index (κ1) is 14.8. The second-order valence-corrected chi connectivity index (χ2v) is 4.83. The molecule has 0 aromatic heterocycles. The third-order valence-corrected chi connectivity index (χ3v) is 3.49. The first-order valence-corrected chi connectivity index (χ1v) is 6.58. The molecular weight excluding hydrogens is 276 g/mol. The number of amides is 2. The SMILES string of the molecule is CCN1CC(C(=O)Nc2cccc(C(=O)O)c2O)CC1=O. The average molecular weight is 292 g/mol. The van der Waals surface area contributed by atoms with Crippen LogP contribution < -0.4 is 5.32 Å². The summed E-state index contributed by atoms with van der Waals surface area (Å²) in [5.74, 6) is -2.75. The molecule has 0 aliphatic carbocycles. The zero-order valence-electron chi connectivity index (χ0n) is 11.5. The number of hydrogen-bond acceptors (Lipinski definition) is 4. The molecule has 1 aliphatic rings. The van der Waals surface area contributed by atoms with Crippen molar-refractivity contribution in [2.45, 2.75) is 13.3 Å². The van der Waals surface area contributed by atoms with Crippen LogP contribution in [0.4, 0.5) is 5.69 Å². The fourth-order valence-electron chi connectivity index (χ4n) is 2.31. The Labute approximate surface area is 121 Å². The highest BCUT2D eigenvalue weighted by molar-refractivity contribution is 6.00. The van der Waals surface area contributed by atoms with E-state index >= 15 is 0 Å². The quantitative estimate of drug-likeness (QED) is 0.715. The van der Waals surface area contributed by atoms with Crippen LogP contribution in [0.1, 0.15) is 23.7 Å². The van der Waals surface area contributed by atoms with Crippen molar-refractivity contribution in [3.05, 3.63) is 23.8 Å². The molecule has 7 heteroatoms. The molecule has 0 spiro atoms. The predicted octanol–water partition coefficient (Wildman–Crippen LogP) is 0.897. The smallest absolute Gasteiger partial charge is 0.339 e. The summed E-state index contributed by atoms with van der Waals surface area (Å²) in [4.78, 5) is 36.2. The number of anilines is 1. The van der Waals surface area contributed by atoms with Crippen LogP contribution in [0.15, 0.2) is 18.2 Å². The lowest BCUT2D eigenvalue weighted by molar-refractivity contribution is -0.128. The number of carboxylic acid groups (broad SMARTS) is 1. The van der Waals surface area contributed by atoms with Crippen molar-refractivity contribution in [1.82, 2.24) is 4.90 Å². The van der Waals surface area contributed by atoms with E-state index in [1.807, 2.05) is 6.92 Å². The van der Waals surface area contributed by atoms with Crippen LogP contribution >= 0.6 is 0 Å². The third kappa shape index (κ3) is 2.96. The summed E-state index contributed by atoms with van der Waals surface area (Å²) >= 11 is 0. The van der Waals surface area contributed by atoms with Crippen LogP contribution in [0.5, 0.6) is 5.75 Å². The van der Waals surface area contributed by atoms with Gasteiger partial charge in [-0.3, -0.25) is 9.59 Å². The number of likely N-dealkylation sites (tertiary alicyclic amines) is 1. The number of phenols is 1. The number of carbonyl (C=O) groups is 3. The van der Waals surface area contributed by atoms with Crippen molar-refractivity contribution >= 4 is 23.5 Å². The van der Waals surface area contributed by atoms with Gasteiger partial charge in [0.25, 0.3) is 0 Å². The Morgan fingerprint density at radius 2 is 2.14 bits per heavy atom. The van der Waals surface area contributed by atoms with Crippen LogP contribution in [-0.2, 0) is 9.59 Å². The number of nitrogens with zero attached hydrogens (tertiary/aromatic N) is 1. The molecule has 1 atom stereocenters. The van der Waals surface area contributed by atoms with Gasteiger partial charge >= 0.3 is 5.97 Å². The van der Waals surface area contributed by atoms with Crippen LogP contribution in [0.25, 0.3) is 0 Å². The van der Waals surface area contributed by atoms with E-state index in [9.17, 15) is 19.5 Å². The van der Waals surface area contributed by atoms with Gasteiger partial charge in [-0.05, 0) is 19.1 Å². The number of rotatable bonds is 4. The molecule has 2 rings (SSSR count). The second kappa shape index (κ2) is 5.82. The Kier molecular flexibility index (Phi) is 4.11. The summed E-state index contributed by atoms with van der Waals surface area (Å²) in [7, 11) is 0. The maximum absolute atomic E-state index is 12.1. The van der Waals surface area contributed by atoms with Crippen molar-refractivity contribution in [2.24, 2.45) is 5.92 Å². The van der Waals surface area contributed by atoms with Crippen molar-refractivity contribution < 1.29 is 24.6 Å². The van der Waals surface area contributed by atoms with Gasteiger partial charge in [-0.2, -0.15) is 0 Å². The zero-order valence-corrected chi connectivity index (χ0v) is 11.5. The summed E-state index contributed by atoms with van der Waals surface area (Å²) in [6.45, 7) is 2.71.